The van der Waals surface area contributed by atoms with E-state index in [2.05, 4.69) is 26.5 Å². The molecule has 0 aliphatic rings. The summed E-state index contributed by atoms with van der Waals surface area (Å²) in [7, 11) is 0. The molecule has 0 heterocycles. The fraction of sp³-hybridized carbons (Fsp3) is 0.438. The van der Waals surface area contributed by atoms with E-state index in [0.717, 1.165) is 22.3 Å². The molecule has 3 heteroatoms. The van der Waals surface area contributed by atoms with Gasteiger partial charge in [0.25, 0.3) is 0 Å². The Morgan fingerprint density at radius 1 is 1.32 bits per heavy atom. The summed E-state index contributed by atoms with van der Waals surface area (Å²) in [6.45, 7) is 12.2. The van der Waals surface area contributed by atoms with Crippen LogP contribution in [0.2, 0.25) is 0 Å². The molecule has 0 aromatic carbocycles. The van der Waals surface area contributed by atoms with E-state index in [1.807, 2.05) is 19.9 Å². The molecule has 0 aliphatic carbocycles. The minimum Gasteiger partial charge on any atom is -0.398 e. The minimum absolute atomic E-state index is 0.0669. The van der Waals surface area contributed by atoms with Crippen molar-refractivity contribution in [3.05, 3.63) is 46.7 Å². The zero-order valence-corrected chi connectivity index (χ0v) is 13.2. The molecule has 2 nitrogen and oxygen atoms in total. The standard InChI is InChI=1S/C16H25NOS/c1-11(2)15(16(17)13(4)6-8-18)10-14(5)12(3)7-9-19/h7,9-11,18H,4,6,8,17H2,1-3,5H3. The predicted octanol–water partition coefficient (Wildman–Crippen LogP) is 3.69. The SMILES string of the molecule is C=C(CCO)C(N)=C(C=C(C)C(C)=CC=S)C(C)C. The number of rotatable bonds is 7. The van der Waals surface area contributed by atoms with E-state index < -0.39 is 0 Å². The van der Waals surface area contributed by atoms with Crippen molar-refractivity contribution in [1.29, 1.82) is 0 Å². The zero-order valence-electron chi connectivity index (χ0n) is 12.4. The lowest BCUT2D eigenvalue weighted by Crippen LogP contribution is -2.09. The Bertz CT molecular complexity index is 428. The lowest BCUT2D eigenvalue weighted by atomic mass is 9.93. The molecular weight excluding hydrogens is 254 g/mol. The highest BCUT2D eigenvalue weighted by molar-refractivity contribution is 7.79. The van der Waals surface area contributed by atoms with Gasteiger partial charge in [-0.3, -0.25) is 0 Å². The smallest absolute Gasteiger partial charge is 0.0472 e. The number of thiocarbonyl (C=S) groups is 1. The summed E-state index contributed by atoms with van der Waals surface area (Å²) in [6.07, 6.45) is 4.48. The topological polar surface area (TPSA) is 46.2 Å². The number of hydrogen-bond donors (Lipinski definition) is 2. The lowest BCUT2D eigenvalue weighted by molar-refractivity contribution is 0.300. The first kappa shape index (κ1) is 17.8. The first-order chi connectivity index (χ1) is 8.84. The molecule has 3 N–H and O–H groups in total. The van der Waals surface area contributed by atoms with Gasteiger partial charge in [0.05, 0.1) is 0 Å². The van der Waals surface area contributed by atoms with Gasteiger partial charge in [0, 0.05) is 17.7 Å². The average Bonchev–Trinajstić information content (AvgIpc) is 2.34. The van der Waals surface area contributed by atoms with Crippen LogP contribution >= 0.6 is 12.2 Å². The van der Waals surface area contributed by atoms with Crippen LogP contribution in [0.4, 0.5) is 0 Å². The van der Waals surface area contributed by atoms with Crippen molar-refractivity contribution >= 4 is 17.6 Å². The van der Waals surface area contributed by atoms with Gasteiger partial charge in [-0.2, -0.15) is 0 Å². The number of aliphatic hydroxyl groups is 1. The largest absolute Gasteiger partial charge is 0.398 e. The van der Waals surface area contributed by atoms with Crippen molar-refractivity contribution in [2.45, 2.75) is 34.1 Å². The van der Waals surface area contributed by atoms with E-state index in [1.54, 1.807) is 5.37 Å². The third kappa shape index (κ3) is 5.99. The van der Waals surface area contributed by atoms with E-state index in [9.17, 15) is 0 Å². The van der Waals surface area contributed by atoms with Crippen LogP contribution in [0.1, 0.15) is 34.1 Å². The van der Waals surface area contributed by atoms with E-state index >= 15 is 0 Å². The molecule has 0 saturated carbocycles. The predicted molar refractivity (Wildman–Crippen MR) is 88.1 cm³/mol. The molecule has 0 aliphatic heterocycles. The van der Waals surface area contributed by atoms with Gasteiger partial charge in [-0.1, -0.05) is 38.7 Å². The van der Waals surface area contributed by atoms with Crippen LogP contribution in [0.25, 0.3) is 0 Å². The number of nitrogens with two attached hydrogens (primary N) is 1. The van der Waals surface area contributed by atoms with Crippen molar-refractivity contribution in [2.24, 2.45) is 11.7 Å². The highest BCUT2D eigenvalue weighted by Gasteiger charge is 2.09. The van der Waals surface area contributed by atoms with Gasteiger partial charge < -0.3 is 10.8 Å². The molecule has 19 heavy (non-hydrogen) atoms. The highest BCUT2D eigenvalue weighted by atomic mass is 32.1. The van der Waals surface area contributed by atoms with Crippen molar-refractivity contribution in [3.8, 4) is 0 Å². The van der Waals surface area contributed by atoms with E-state index in [4.69, 9.17) is 23.1 Å². The first-order valence-electron chi connectivity index (χ1n) is 6.44. The lowest BCUT2D eigenvalue weighted by Gasteiger charge is -2.15. The molecule has 0 radical (unpaired) electrons. The van der Waals surface area contributed by atoms with Crippen molar-refractivity contribution in [3.63, 3.8) is 0 Å². The fourth-order valence-electron chi connectivity index (χ4n) is 1.61. The number of hydrogen-bond acceptors (Lipinski definition) is 3. The molecule has 0 rings (SSSR count). The normalized spacial score (nSPS) is 14.4. The molecule has 0 aromatic rings. The maximum absolute atomic E-state index is 8.97. The zero-order chi connectivity index (χ0) is 15.0. The van der Waals surface area contributed by atoms with Gasteiger partial charge >= 0.3 is 0 Å². The third-order valence-corrected chi connectivity index (χ3v) is 3.18. The van der Waals surface area contributed by atoms with Gasteiger partial charge in [-0.05, 0) is 54.6 Å². The maximum atomic E-state index is 8.97. The Morgan fingerprint density at radius 3 is 2.32 bits per heavy atom. The van der Waals surface area contributed by atoms with Crippen LogP contribution in [-0.2, 0) is 0 Å². The van der Waals surface area contributed by atoms with Crippen molar-refractivity contribution < 1.29 is 5.11 Å². The summed E-state index contributed by atoms with van der Waals surface area (Å²) in [5.41, 5.74) is 10.9. The molecular formula is C16H25NOS. The van der Waals surface area contributed by atoms with Crippen molar-refractivity contribution in [1.82, 2.24) is 0 Å². The van der Waals surface area contributed by atoms with Crippen LogP contribution in [-0.4, -0.2) is 17.1 Å². The molecule has 0 atom stereocenters. The maximum Gasteiger partial charge on any atom is 0.0472 e. The summed E-state index contributed by atoms with van der Waals surface area (Å²) in [5, 5.41) is 10.6. The summed E-state index contributed by atoms with van der Waals surface area (Å²) in [5.74, 6) is 0.297. The Hall–Kier alpha value is -1.19. The van der Waals surface area contributed by atoms with Gasteiger partial charge in [-0.25, -0.2) is 0 Å². The van der Waals surface area contributed by atoms with Crippen LogP contribution in [0.15, 0.2) is 46.7 Å². The molecule has 0 unspecified atom stereocenters. The molecule has 0 saturated heterocycles. The summed E-state index contributed by atoms with van der Waals surface area (Å²) >= 11 is 4.83. The quantitative estimate of drug-likeness (QED) is 0.424. The average molecular weight is 279 g/mol. The van der Waals surface area contributed by atoms with Gasteiger partial charge in [-0.15, -0.1) is 0 Å². The van der Waals surface area contributed by atoms with Crippen LogP contribution in [0.5, 0.6) is 0 Å². The first-order valence-corrected chi connectivity index (χ1v) is 6.91. The summed E-state index contributed by atoms with van der Waals surface area (Å²) in [4.78, 5) is 0. The summed E-state index contributed by atoms with van der Waals surface area (Å²) < 4.78 is 0. The highest BCUT2D eigenvalue weighted by Crippen LogP contribution is 2.22. The molecule has 106 valence electrons. The molecule has 0 aromatic heterocycles. The van der Waals surface area contributed by atoms with Crippen LogP contribution < -0.4 is 5.73 Å². The second-order valence-corrected chi connectivity index (χ2v) is 5.19. The number of aliphatic hydroxyl groups excluding tert-OH is 1. The molecule has 0 spiro atoms. The molecule has 0 amide bonds. The second-order valence-electron chi connectivity index (χ2n) is 4.91. The third-order valence-electron chi connectivity index (χ3n) is 3.04. The van der Waals surface area contributed by atoms with Gasteiger partial charge in [0.2, 0.25) is 0 Å². The van der Waals surface area contributed by atoms with Crippen LogP contribution in [0.3, 0.4) is 0 Å². The summed E-state index contributed by atoms with van der Waals surface area (Å²) in [6, 6.07) is 0. The Balaban J connectivity index is 5.52. The Kier molecular flexibility index (Phi) is 8.28. The second kappa shape index (κ2) is 8.83. The Labute approximate surface area is 122 Å². The van der Waals surface area contributed by atoms with Gasteiger partial charge in [0.15, 0.2) is 0 Å². The van der Waals surface area contributed by atoms with E-state index in [1.165, 1.54) is 0 Å². The molecule has 0 bridgehead atoms. The van der Waals surface area contributed by atoms with E-state index in [0.29, 0.717) is 18.0 Å². The van der Waals surface area contributed by atoms with E-state index in [-0.39, 0.29) is 6.61 Å². The fourth-order valence-corrected chi connectivity index (χ4v) is 1.81. The van der Waals surface area contributed by atoms with Crippen molar-refractivity contribution in [2.75, 3.05) is 6.61 Å². The minimum atomic E-state index is 0.0669. The molecule has 0 fully saturated rings. The van der Waals surface area contributed by atoms with Gasteiger partial charge in [0.1, 0.15) is 0 Å². The van der Waals surface area contributed by atoms with Crippen LogP contribution in [0, 0.1) is 5.92 Å². The Morgan fingerprint density at radius 2 is 1.89 bits per heavy atom. The number of allylic oxidation sites excluding steroid dienone is 6. The monoisotopic (exact) mass is 279 g/mol.